The Morgan fingerprint density at radius 1 is 1.32 bits per heavy atom. The van der Waals surface area contributed by atoms with Crippen molar-refractivity contribution >= 4 is 35.2 Å². The lowest BCUT2D eigenvalue weighted by Gasteiger charge is -2.27. The molecule has 0 saturated carbocycles. The molecule has 0 N–H and O–H groups in total. The molecule has 1 amide bonds. The van der Waals surface area contributed by atoms with E-state index in [0.717, 1.165) is 37.4 Å². The summed E-state index contributed by atoms with van der Waals surface area (Å²) < 4.78 is 25.2. The summed E-state index contributed by atoms with van der Waals surface area (Å²) in [5.74, 6) is 1.55. The molecule has 1 aromatic rings. The number of anilines is 2. The molecule has 0 radical (unpaired) electrons. The lowest BCUT2D eigenvalue weighted by atomic mass is 10.2. The predicted molar refractivity (Wildman–Crippen MR) is 109 cm³/mol. The number of thioether (sulfide) groups is 1. The van der Waals surface area contributed by atoms with Crippen LogP contribution in [0.1, 0.15) is 32.6 Å². The van der Waals surface area contributed by atoms with E-state index in [4.69, 9.17) is 9.47 Å². The molecule has 0 spiro atoms. The Hall–Kier alpha value is -1.96. The number of rotatable bonds is 6. The van der Waals surface area contributed by atoms with E-state index in [0.29, 0.717) is 24.2 Å². The van der Waals surface area contributed by atoms with Crippen molar-refractivity contribution in [3.05, 3.63) is 24.0 Å². The maximum absolute atomic E-state index is 14.8. The molecule has 2 aliphatic heterocycles. The van der Waals surface area contributed by atoms with Gasteiger partial charge in [0.05, 0.1) is 17.9 Å². The highest BCUT2D eigenvalue weighted by atomic mass is 32.2. The van der Waals surface area contributed by atoms with Crippen molar-refractivity contribution in [2.24, 2.45) is 0 Å². The Morgan fingerprint density at radius 3 is 2.75 bits per heavy atom. The van der Waals surface area contributed by atoms with E-state index in [-0.39, 0.29) is 24.9 Å². The van der Waals surface area contributed by atoms with Gasteiger partial charge in [-0.05, 0) is 49.0 Å². The number of amides is 1. The fourth-order valence-corrected chi connectivity index (χ4v) is 4.24. The zero-order valence-electron chi connectivity index (χ0n) is 16.2. The molecule has 1 aromatic carbocycles. The number of carbonyl (C=O) groups is 2. The van der Waals surface area contributed by atoms with E-state index < -0.39 is 12.2 Å². The van der Waals surface area contributed by atoms with E-state index in [2.05, 4.69) is 4.90 Å². The first-order valence-electron chi connectivity index (χ1n) is 9.84. The number of ether oxygens (including phenoxy) is 2. The number of halogens is 1. The number of hydrogen-bond acceptors (Lipinski definition) is 6. The van der Waals surface area contributed by atoms with E-state index in [1.807, 2.05) is 18.7 Å². The molecule has 2 fully saturated rings. The summed E-state index contributed by atoms with van der Waals surface area (Å²) in [5, 5.41) is 0. The van der Waals surface area contributed by atoms with E-state index >= 15 is 0 Å². The van der Waals surface area contributed by atoms with Crippen LogP contribution in [-0.4, -0.2) is 55.9 Å². The van der Waals surface area contributed by atoms with Crippen molar-refractivity contribution < 1.29 is 23.5 Å². The average Bonchev–Trinajstić information content (AvgIpc) is 3.01. The second-order valence-corrected chi connectivity index (χ2v) is 8.22. The molecule has 2 saturated heterocycles. The van der Waals surface area contributed by atoms with E-state index in [1.54, 1.807) is 12.1 Å². The number of nitrogens with zero attached hydrogens (tertiary/aromatic N) is 2. The number of cyclic esters (lactones) is 1. The summed E-state index contributed by atoms with van der Waals surface area (Å²) in [7, 11) is 0. The zero-order valence-corrected chi connectivity index (χ0v) is 17.0. The first kappa shape index (κ1) is 20.8. The molecular formula is C20H27FN2O4S. The van der Waals surface area contributed by atoms with Gasteiger partial charge in [-0.1, -0.05) is 6.92 Å². The third-order valence-corrected chi connectivity index (χ3v) is 5.93. The first-order valence-corrected chi connectivity index (χ1v) is 11.0. The molecular weight excluding hydrogens is 383 g/mol. The quantitative estimate of drug-likeness (QED) is 0.665. The molecule has 0 aliphatic carbocycles. The summed E-state index contributed by atoms with van der Waals surface area (Å²) in [4.78, 5) is 27.1. The maximum atomic E-state index is 14.8. The highest BCUT2D eigenvalue weighted by molar-refractivity contribution is 7.99. The minimum absolute atomic E-state index is 0.0213. The summed E-state index contributed by atoms with van der Waals surface area (Å²) in [5.41, 5.74) is 1.03. The Labute approximate surface area is 169 Å². The normalized spacial score (nSPS) is 20.5. The van der Waals surface area contributed by atoms with Gasteiger partial charge in [0.2, 0.25) is 0 Å². The predicted octanol–water partition coefficient (Wildman–Crippen LogP) is 3.83. The number of benzene rings is 1. The maximum Gasteiger partial charge on any atom is 0.414 e. The standard InChI is InChI=1S/C20H27FN2O4S/c1-2-5-19(24)26-14-16-13-23(20(25)27-16)15-6-7-18(17(21)12-15)22-8-3-10-28-11-4-9-22/h6-7,12,16H,2-5,8-11,13-14H2,1H3. The Kier molecular flexibility index (Phi) is 7.42. The van der Waals surface area contributed by atoms with Crippen LogP contribution >= 0.6 is 11.8 Å². The summed E-state index contributed by atoms with van der Waals surface area (Å²) in [6.07, 6.45) is 2.02. The number of esters is 1. The summed E-state index contributed by atoms with van der Waals surface area (Å²) in [6, 6.07) is 4.87. The largest absolute Gasteiger partial charge is 0.462 e. The zero-order chi connectivity index (χ0) is 19.9. The highest BCUT2D eigenvalue weighted by Crippen LogP contribution is 2.29. The molecule has 1 atom stereocenters. The van der Waals surface area contributed by atoms with Crippen LogP contribution in [0.5, 0.6) is 0 Å². The van der Waals surface area contributed by atoms with Gasteiger partial charge in [-0.25, -0.2) is 9.18 Å². The van der Waals surface area contributed by atoms with Crippen LogP contribution in [0.3, 0.4) is 0 Å². The van der Waals surface area contributed by atoms with Crippen molar-refractivity contribution in [1.29, 1.82) is 0 Å². The smallest absolute Gasteiger partial charge is 0.414 e. The monoisotopic (exact) mass is 410 g/mol. The van der Waals surface area contributed by atoms with E-state index in [9.17, 15) is 14.0 Å². The lowest BCUT2D eigenvalue weighted by molar-refractivity contribution is -0.146. The summed E-state index contributed by atoms with van der Waals surface area (Å²) in [6.45, 7) is 3.81. The number of carbonyl (C=O) groups excluding carboxylic acids is 2. The van der Waals surface area contributed by atoms with Gasteiger partial charge in [0, 0.05) is 19.5 Å². The van der Waals surface area contributed by atoms with Gasteiger partial charge in [-0.15, -0.1) is 0 Å². The van der Waals surface area contributed by atoms with E-state index in [1.165, 1.54) is 11.0 Å². The van der Waals surface area contributed by atoms with Crippen LogP contribution in [0.4, 0.5) is 20.6 Å². The van der Waals surface area contributed by atoms with Crippen LogP contribution in [0.2, 0.25) is 0 Å². The third kappa shape index (κ3) is 5.31. The Morgan fingerprint density at radius 2 is 2.07 bits per heavy atom. The second-order valence-electron chi connectivity index (χ2n) is 6.99. The molecule has 3 rings (SSSR count). The van der Waals surface area contributed by atoms with Crippen LogP contribution in [-0.2, 0) is 14.3 Å². The van der Waals surface area contributed by atoms with Crippen LogP contribution in [0.25, 0.3) is 0 Å². The minimum atomic E-state index is -0.549. The SMILES string of the molecule is CCCC(=O)OCC1CN(c2ccc(N3CCCSCCC3)c(F)c2)C(=O)O1. The molecule has 2 aliphatic rings. The number of hydrogen-bond donors (Lipinski definition) is 0. The van der Waals surface area contributed by atoms with Crippen LogP contribution in [0, 0.1) is 5.82 Å². The molecule has 0 bridgehead atoms. The van der Waals surface area contributed by atoms with Gasteiger partial charge in [0.25, 0.3) is 0 Å². The van der Waals surface area contributed by atoms with Gasteiger partial charge in [-0.3, -0.25) is 9.69 Å². The Bertz CT molecular complexity index is 695. The van der Waals surface area contributed by atoms with Gasteiger partial charge in [-0.2, -0.15) is 11.8 Å². The van der Waals surface area contributed by atoms with Crippen molar-refractivity contribution in [2.75, 3.05) is 47.5 Å². The highest BCUT2D eigenvalue weighted by Gasteiger charge is 2.33. The van der Waals surface area contributed by atoms with Gasteiger partial charge >= 0.3 is 12.1 Å². The summed E-state index contributed by atoms with van der Waals surface area (Å²) >= 11 is 1.95. The topological polar surface area (TPSA) is 59.1 Å². The molecule has 0 aromatic heterocycles. The second kappa shape index (κ2) is 10.0. The third-order valence-electron chi connectivity index (χ3n) is 4.78. The fraction of sp³-hybridized carbons (Fsp3) is 0.600. The molecule has 6 nitrogen and oxygen atoms in total. The van der Waals surface area contributed by atoms with Crippen molar-refractivity contribution in [1.82, 2.24) is 0 Å². The van der Waals surface area contributed by atoms with Crippen molar-refractivity contribution in [3.63, 3.8) is 0 Å². The fourth-order valence-electron chi connectivity index (χ4n) is 3.37. The van der Waals surface area contributed by atoms with Gasteiger partial charge in [0.1, 0.15) is 12.4 Å². The van der Waals surface area contributed by atoms with Crippen molar-refractivity contribution in [3.8, 4) is 0 Å². The molecule has 1 unspecified atom stereocenters. The van der Waals surface area contributed by atoms with Gasteiger partial charge < -0.3 is 14.4 Å². The molecule has 154 valence electrons. The average molecular weight is 411 g/mol. The molecule has 8 heteroatoms. The van der Waals surface area contributed by atoms with Crippen LogP contribution < -0.4 is 9.80 Å². The van der Waals surface area contributed by atoms with Gasteiger partial charge in [0.15, 0.2) is 6.10 Å². The molecule has 28 heavy (non-hydrogen) atoms. The minimum Gasteiger partial charge on any atom is -0.462 e. The molecule has 2 heterocycles. The first-order chi connectivity index (χ1) is 13.6. The van der Waals surface area contributed by atoms with Crippen LogP contribution in [0.15, 0.2) is 18.2 Å². The lowest BCUT2D eigenvalue weighted by Crippen LogP contribution is -2.29. The van der Waals surface area contributed by atoms with Crippen molar-refractivity contribution in [2.45, 2.75) is 38.7 Å². The Balaban J connectivity index is 1.62.